The lowest BCUT2D eigenvalue weighted by atomic mass is 10.2. The number of carbonyl (C=O) groups excluding carboxylic acids is 1. The molecule has 0 radical (unpaired) electrons. The Balaban J connectivity index is 2.53. The van der Waals surface area contributed by atoms with Crippen LogP contribution < -0.4 is 4.74 Å². The molecule has 0 amide bonds. The van der Waals surface area contributed by atoms with E-state index in [-0.39, 0.29) is 0 Å². The molecule has 0 saturated carbocycles. The van der Waals surface area contributed by atoms with E-state index in [4.69, 9.17) is 4.74 Å². The van der Waals surface area contributed by atoms with E-state index in [2.05, 4.69) is 0 Å². The third-order valence-corrected chi connectivity index (χ3v) is 3.67. The topological polar surface area (TPSA) is 26.3 Å². The Hall–Kier alpha value is -1.13. The van der Waals surface area contributed by atoms with Crippen molar-refractivity contribution in [2.45, 2.75) is 0 Å². The van der Waals surface area contributed by atoms with Crippen molar-refractivity contribution < 1.29 is 9.53 Å². The molecule has 0 unspecified atom stereocenters. The Bertz CT molecular complexity index is 442. The molecule has 0 bridgehead atoms. The van der Waals surface area contributed by atoms with Gasteiger partial charge in [0.2, 0.25) is 0 Å². The van der Waals surface area contributed by atoms with E-state index in [9.17, 15) is 4.79 Å². The minimum atomic E-state index is 0.755. The van der Waals surface area contributed by atoms with Crippen LogP contribution in [0.3, 0.4) is 0 Å². The molecule has 0 aliphatic carbocycles. The number of aldehydes is 1. The Kier molecular flexibility index (Phi) is 2.65. The van der Waals surface area contributed by atoms with E-state index in [1.165, 1.54) is 11.3 Å². The van der Waals surface area contributed by atoms with Gasteiger partial charge in [-0.1, -0.05) is 0 Å². The maximum Gasteiger partial charge on any atom is 0.160 e. The summed E-state index contributed by atoms with van der Waals surface area (Å²) in [5, 5.41) is 3.87. The second-order valence-corrected chi connectivity index (χ2v) is 4.50. The molecule has 4 heteroatoms. The second-order valence-electron chi connectivity index (χ2n) is 2.63. The number of ether oxygens (including phenoxy) is 1. The fourth-order valence-corrected chi connectivity index (χ4v) is 2.92. The molecule has 2 rings (SSSR count). The molecule has 2 nitrogen and oxygen atoms in total. The Morgan fingerprint density at radius 1 is 1.29 bits per heavy atom. The van der Waals surface area contributed by atoms with Gasteiger partial charge < -0.3 is 4.74 Å². The molecule has 0 aromatic carbocycles. The van der Waals surface area contributed by atoms with Crippen LogP contribution in [0.1, 0.15) is 9.67 Å². The normalized spacial score (nSPS) is 10.1. The predicted molar refractivity (Wildman–Crippen MR) is 59.6 cm³/mol. The highest BCUT2D eigenvalue weighted by Gasteiger charge is 2.12. The molecule has 2 aromatic heterocycles. The lowest BCUT2D eigenvalue weighted by molar-refractivity contribution is 0.112. The van der Waals surface area contributed by atoms with Crippen LogP contribution in [-0.4, -0.2) is 13.4 Å². The van der Waals surface area contributed by atoms with E-state index in [0.717, 1.165) is 27.4 Å². The standard InChI is InChI=1S/C10H8O2S2/c1-12-8-3-5-14-10(8)7-2-4-13-9(7)6-11/h2-6H,1H3. The van der Waals surface area contributed by atoms with E-state index in [0.29, 0.717) is 0 Å². The van der Waals surface area contributed by atoms with Crippen LogP contribution in [0.5, 0.6) is 5.75 Å². The zero-order valence-electron chi connectivity index (χ0n) is 7.52. The first-order valence-electron chi connectivity index (χ1n) is 4.01. The third-order valence-electron chi connectivity index (χ3n) is 1.90. The van der Waals surface area contributed by atoms with Crippen molar-refractivity contribution in [1.82, 2.24) is 0 Å². The van der Waals surface area contributed by atoms with Crippen molar-refractivity contribution in [3.63, 3.8) is 0 Å². The van der Waals surface area contributed by atoms with E-state index >= 15 is 0 Å². The highest BCUT2D eigenvalue weighted by molar-refractivity contribution is 7.15. The lowest BCUT2D eigenvalue weighted by Crippen LogP contribution is -1.83. The van der Waals surface area contributed by atoms with E-state index in [1.807, 2.05) is 22.9 Å². The number of methoxy groups -OCH3 is 1. The third kappa shape index (κ3) is 1.47. The van der Waals surface area contributed by atoms with Gasteiger partial charge in [0, 0.05) is 5.56 Å². The van der Waals surface area contributed by atoms with Gasteiger partial charge in [-0.2, -0.15) is 0 Å². The van der Waals surface area contributed by atoms with Gasteiger partial charge in [-0.3, -0.25) is 4.79 Å². The van der Waals surface area contributed by atoms with Crippen LogP contribution in [-0.2, 0) is 0 Å². The summed E-state index contributed by atoms with van der Waals surface area (Å²) in [6, 6.07) is 3.86. The van der Waals surface area contributed by atoms with Gasteiger partial charge in [0.1, 0.15) is 5.75 Å². The predicted octanol–water partition coefficient (Wildman–Crippen LogP) is 3.30. The van der Waals surface area contributed by atoms with E-state index in [1.54, 1.807) is 18.4 Å². The van der Waals surface area contributed by atoms with Crippen molar-refractivity contribution in [3.05, 3.63) is 27.8 Å². The van der Waals surface area contributed by atoms with Gasteiger partial charge in [-0.05, 0) is 22.9 Å². The zero-order chi connectivity index (χ0) is 9.97. The molecule has 0 atom stereocenters. The van der Waals surface area contributed by atoms with Gasteiger partial charge in [-0.15, -0.1) is 22.7 Å². The van der Waals surface area contributed by atoms with Crippen LogP contribution in [0.15, 0.2) is 22.9 Å². The molecule has 0 saturated heterocycles. The van der Waals surface area contributed by atoms with E-state index < -0.39 is 0 Å². The van der Waals surface area contributed by atoms with Crippen LogP contribution >= 0.6 is 22.7 Å². The minimum absolute atomic E-state index is 0.755. The summed E-state index contributed by atoms with van der Waals surface area (Å²) in [6.07, 6.45) is 0.888. The summed E-state index contributed by atoms with van der Waals surface area (Å²) in [5.74, 6) is 0.830. The van der Waals surface area contributed by atoms with Crippen LogP contribution in [0.2, 0.25) is 0 Å². The van der Waals surface area contributed by atoms with Crippen molar-refractivity contribution in [2.24, 2.45) is 0 Å². The molecule has 2 aromatic rings. The minimum Gasteiger partial charge on any atom is -0.495 e. The molecule has 0 aliphatic rings. The van der Waals surface area contributed by atoms with Crippen molar-refractivity contribution >= 4 is 29.0 Å². The number of carbonyl (C=O) groups is 1. The molecule has 0 N–H and O–H groups in total. The maximum absolute atomic E-state index is 10.8. The Morgan fingerprint density at radius 3 is 2.79 bits per heavy atom. The van der Waals surface area contributed by atoms with Crippen molar-refractivity contribution in [3.8, 4) is 16.2 Å². The lowest BCUT2D eigenvalue weighted by Gasteiger charge is -2.00. The van der Waals surface area contributed by atoms with Gasteiger partial charge in [-0.25, -0.2) is 0 Å². The highest BCUT2D eigenvalue weighted by Crippen LogP contribution is 2.38. The summed E-state index contributed by atoms with van der Waals surface area (Å²) in [4.78, 5) is 12.5. The average Bonchev–Trinajstić information content (AvgIpc) is 2.85. The Labute approximate surface area is 89.8 Å². The first-order valence-corrected chi connectivity index (χ1v) is 5.77. The van der Waals surface area contributed by atoms with Gasteiger partial charge in [0.15, 0.2) is 6.29 Å². The van der Waals surface area contributed by atoms with Crippen LogP contribution in [0.25, 0.3) is 10.4 Å². The summed E-state index contributed by atoms with van der Waals surface area (Å²) < 4.78 is 5.21. The van der Waals surface area contributed by atoms with Crippen molar-refractivity contribution in [1.29, 1.82) is 0 Å². The van der Waals surface area contributed by atoms with Crippen LogP contribution in [0, 0.1) is 0 Å². The highest BCUT2D eigenvalue weighted by atomic mass is 32.1. The first-order chi connectivity index (χ1) is 6.86. The smallest absolute Gasteiger partial charge is 0.160 e. The molecular formula is C10H8O2S2. The monoisotopic (exact) mass is 224 g/mol. The fourth-order valence-electron chi connectivity index (χ4n) is 1.25. The quantitative estimate of drug-likeness (QED) is 0.748. The largest absolute Gasteiger partial charge is 0.495 e. The molecule has 0 aliphatic heterocycles. The molecule has 14 heavy (non-hydrogen) atoms. The molecule has 0 spiro atoms. The molecule has 2 heterocycles. The molecule has 72 valence electrons. The van der Waals surface area contributed by atoms with Gasteiger partial charge in [0.25, 0.3) is 0 Å². The number of thiophene rings is 2. The summed E-state index contributed by atoms with van der Waals surface area (Å²) in [5.41, 5.74) is 0.969. The fraction of sp³-hybridized carbons (Fsp3) is 0.100. The summed E-state index contributed by atoms with van der Waals surface area (Å²) in [6.45, 7) is 0. The summed E-state index contributed by atoms with van der Waals surface area (Å²) >= 11 is 3.03. The van der Waals surface area contributed by atoms with Gasteiger partial charge in [0.05, 0.1) is 16.9 Å². The number of rotatable bonds is 3. The van der Waals surface area contributed by atoms with Crippen molar-refractivity contribution in [2.75, 3.05) is 7.11 Å². The number of hydrogen-bond donors (Lipinski definition) is 0. The second kappa shape index (κ2) is 3.94. The summed E-state index contributed by atoms with van der Waals surface area (Å²) in [7, 11) is 1.64. The molecule has 0 fully saturated rings. The first kappa shape index (κ1) is 9.43. The average molecular weight is 224 g/mol. The zero-order valence-corrected chi connectivity index (χ0v) is 9.15. The molecular weight excluding hydrogens is 216 g/mol. The maximum atomic E-state index is 10.8. The Morgan fingerprint density at radius 2 is 2.07 bits per heavy atom. The number of hydrogen-bond acceptors (Lipinski definition) is 4. The SMILES string of the molecule is COc1ccsc1-c1ccsc1C=O. The van der Waals surface area contributed by atoms with Gasteiger partial charge >= 0.3 is 0 Å². The van der Waals surface area contributed by atoms with Crippen LogP contribution in [0.4, 0.5) is 0 Å².